The van der Waals surface area contributed by atoms with Gasteiger partial charge in [-0.15, -0.1) is 11.3 Å². The van der Waals surface area contributed by atoms with Gasteiger partial charge >= 0.3 is 0 Å². The fourth-order valence-corrected chi connectivity index (χ4v) is 4.65. The normalized spacial score (nSPS) is 25.4. The number of hydrogen-bond donors (Lipinski definition) is 2. The molecule has 0 amide bonds. The lowest BCUT2D eigenvalue weighted by Gasteiger charge is -2.21. The van der Waals surface area contributed by atoms with Gasteiger partial charge in [0.2, 0.25) is 0 Å². The van der Waals surface area contributed by atoms with Crippen LogP contribution >= 0.6 is 23.1 Å². The van der Waals surface area contributed by atoms with Crippen LogP contribution in [0.25, 0.3) is 0 Å². The Balaban J connectivity index is 1.93. The van der Waals surface area contributed by atoms with E-state index in [0.29, 0.717) is 17.3 Å². The van der Waals surface area contributed by atoms with E-state index in [1.807, 2.05) is 11.3 Å². The SMILES string of the molecule is CC(C)(C)SC1CNC(c2ccc(CN)s2)C1. The average molecular weight is 270 g/mol. The first-order valence-corrected chi connectivity index (χ1v) is 7.87. The molecule has 2 atom stereocenters. The Bertz CT molecular complexity index is 368. The Labute approximate surface area is 112 Å². The maximum atomic E-state index is 5.66. The van der Waals surface area contributed by atoms with E-state index < -0.39 is 0 Å². The molecule has 1 aromatic heterocycles. The molecule has 0 aromatic carbocycles. The van der Waals surface area contributed by atoms with Gasteiger partial charge in [-0.05, 0) is 18.6 Å². The van der Waals surface area contributed by atoms with Gasteiger partial charge in [0.05, 0.1) is 0 Å². The predicted octanol–water partition coefficient (Wildman–Crippen LogP) is 3.14. The zero-order valence-electron chi connectivity index (χ0n) is 10.8. The Morgan fingerprint density at radius 3 is 2.82 bits per heavy atom. The summed E-state index contributed by atoms with van der Waals surface area (Å²) in [5.41, 5.74) is 5.66. The van der Waals surface area contributed by atoms with Crippen LogP contribution in [0.3, 0.4) is 0 Å². The van der Waals surface area contributed by atoms with Crippen LogP contribution in [-0.2, 0) is 6.54 Å². The maximum Gasteiger partial charge on any atom is 0.0426 e. The van der Waals surface area contributed by atoms with Gasteiger partial charge in [0.15, 0.2) is 0 Å². The van der Waals surface area contributed by atoms with Crippen molar-refractivity contribution in [2.45, 2.75) is 49.8 Å². The standard InChI is InChI=1S/C13H22N2S2/c1-13(2,3)17-10-6-11(15-8-10)12-5-4-9(7-14)16-12/h4-5,10-11,15H,6-8,14H2,1-3H3. The van der Waals surface area contributed by atoms with Crippen molar-refractivity contribution in [2.24, 2.45) is 5.73 Å². The van der Waals surface area contributed by atoms with Crippen molar-refractivity contribution in [3.63, 3.8) is 0 Å². The van der Waals surface area contributed by atoms with Gasteiger partial charge in [-0.2, -0.15) is 11.8 Å². The second-order valence-electron chi connectivity index (χ2n) is 5.56. The molecule has 2 heterocycles. The van der Waals surface area contributed by atoms with Crippen molar-refractivity contribution in [1.29, 1.82) is 0 Å². The van der Waals surface area contributed by atoms with E-state index in [-0.39, 0.29) is 0 Å². The van der Waals surface area contributed by atoms with Crippen LogP contribution in [0.2, 0.25) is 0 Å². The largest absolute Gasteiger partial charge is 0.326 e. The van der Waals surface area contributed by atoms with Crippen molar-refractivity contribution < 1.29 is 0 Å². The number of thiophene rings is 1. The van der Waals surface area contributed by atoms with Crippen LogP contribution in [0.5, 0.6) is 0 Å². The average Bonchev–Trinajstić information content (AvgIpc) is 2.82. The molecule has 1 aliphatic rings. The number of hydrogen-bond acceptors (Lipinski definition) is 4. The summed E-state index contributed by atoms with van der Waals surface area (Å²) in [6.45, 7) is 8.67. The Morgan fingerprint density at radius 1 is 1.47 bits per heavy atom. The van der Waals surface area contributed by atoms with Gasteiger partial charge in [0.25, 0.3) is 0 Å². The minimum atomic E-state index is 0.360. The zero-order chi connectivity index (χ0) is 12.5. The molecule has 2 rings (SSSR count). The Kier molecular flexibility index (Phi) is 4.18. The third kappa shape index (κ3) is 3.71. The van der Waals surface area contributed by atoms with E-state index in [9.17, 15) is 0 Å². The van der Waals surface area contributed by atoms with Gasteiger partial charge in [0, 0.05) is 38.9 Å². The Hall–Kier alpha value is -0.0300. The van der Waals surface area contributed by atoms with Gasteiger partial charge in [-0.25, -0.2) is 0 Å². The first-order chi connectivity index (χ1) is 7.98. The first-order valence-electron chi connectivity index (χ1n) is 6.18. The lowest BCUT2D eigenvalue weighted by atomic mass is 10.2. The van der Waals surface area contributed by atoms with Crippen molar-refractivity contribution in [3.05, 3.63) is 21.9 Å². The topological polar surface area (TPSA) is 38.0 Å². The Morgan fingerprint density at radius 2 is 2.24 bits per heavy atom. The van der Waals surface area contributed by atoms with Gasteiger partial charge in [-0.3, -0.25) is 0 Å². The molecule has 0 aliphatic carbocycles. The van der Waals surface area contributed by atoms with Crippen molar-refractivity contribution in [1.82, 2.24) is 5.32 Å². The lowest BCUT2D eigenvalue weighted by molar-refractivity contribution is 0.660. The van der Waals surface area contributed by atoms with E-state index in [4.69, 9.17) is 5.73 Å². The molecule has 0 spiro atoms. The second-order valence-corrected chi connectivity index (χ2v) is 8.88. The molecule has 2 unspecified atom stereocenters. The molecule has 2 nitrogen and oxygen atoms in total. The lowest BCUT2D eigenvalue weighted by Crippen LogP contribution is -2.18. The molecule has 0 radical (unpaired) electrons. The number of nitrogens with one attached hydrogen (secondary N) is 1. The predicted molar refractivity (Wildman–Crippen MR) is 78.7 cm³/mol. The highest BCUT2D eigenvalue weighted by Gasteiger charge is 2.29. The van der Waals surface area contributed by atoms with Crippen LogP contribution in [0.4, 0.5) is 0 Å². The monoisotopic (exact) mass is 270 g/mol. The van der Waals surface area contributed by atoms with E-state index in [1.54, 1.807) is 0 Å². The van der Waals surface area contributed by atoms with E-state index in [2.05, 4.69) is 50.0 Å². The minimum Gasteiger partial charge on any atom is -0.326 e. The van der Waals surface area contributed by atoms with Crippen LogP contribution in [0.15, 0.2) is 12.1 Å². The molecule has 96 valence electrons. The molecular formula is C13H22N2S2. The number of thioether (sulfide) groups is 1. The smallest absolute Gasteiger partial charge is 0.0426 e. The van der Waals surface area contributed by atoms with Gasteiger partial charge in [-0.1, -0.05) is 20.8 Å². The van der Waals surface area contributed by atoms with Crippen LogP contribution in [0.1, 0.15) is 43.0 Å². The van der Waals surface area contributed by atoms with Crippen molar-refractivity contribution in [2.75, 3.05) is 6.54 Å². The van der Waals surface area contributed by atoms with Crippen LogP contribution < -0.4 is 11.1 Å². The zero-order valence-corrected chi connectivity index (χ0v) is 12.5. The number of rotatable bonds is 3. The third-order valence-corrected chi connectivity index (χ3v) is 5.46. The minimum absolute atomic E-state index is 0.360. The van der Waals surface area contributed by atoms with E-state index in [1.165, 1.54) is 16.2 Å². The molecular weight excluding hydrogens is 248 g/mol. The summed E-state index contributed by atoms with van der Waals surface area (Å²) in [6, 6.07) is 4.93. The highest BCUT2D eigenvalue weighted by molar-refractivity contribution is 8.01. The third-order valence-electron chi connectivity index (χ3n) is 2.84. The highest BCUT2D eigenvalue weighted by Crippen LogP contribution is 2.38. The summed E-state index contributed by atoms with van der Waals surface area (Å²) in [7, 11) is 0. The number of nitrogens with two attached hydrogens (primary N) is 1. The van der Waals surface area contributed by atoms with Crippen LogP contribution in [-0.4, -0.2) is 16.5 Å². The van der Waals surface area contributed by atoms with Gasteiger partial charge in [0.1, 0.15) is 0 Å². The molecule has 0 saturated carbocycles. The highest BCUT2D eigenvalue weighted by atomic mass is 32.2. The van der Waals surface area contributed by atoms with Crippen molar-refractivity contribution in [3.8, 4) is 0 Å². The molecule has 0 bridgehead atoms. The summed E-state index contributed by atoms with van der Waals surface area (Å²) in [4.78, 5) is 2.73. The summed E-state index contributed by atoms with van der Waals surface area (Å²) >= 11 is 3.95. The maximum absolute atomic E-state index is 5.66. The molecule has 1 aliphatic heterocycles. The van der Waals surface area contributed by atoms with Crippen LogP contribution in [0, 0.1) is 0 Å². The quantitative estimate of drug-likeness (QED) is 0.886. The first kappa shape index (κ1) is 13.4. The molecule has 1 aromatic rings. The summed E-state index contributed by atoms with van der Waals surface area (Å²) in [5, 5.41) is 4.37. The molecule has 1 fully saturated rings. The second kappa shape index (κ2) is 5.31. The summed E-state index contributed by atoms with van der Waals surface area (Å²) in [6.07, 6.45) is 1.24. The van der Waals surface area contributed by atoms with Crippen molar-refractivity contribution >= 4 is 23.1 Å². The van der Waals surface area contributed by atoms with E-state index >= 15 is 0 Å². The fraction of sp³-hybridized carbons (Fsp3) is 0.692. The summed E-state index contributed by atoms with van der Waals surface area (Å²) < 4.78 is 0.360. The molecule has 1 saturated heterocycles. The molecule has 3 N–H and O–H groups in total. The molecule has 17 heavy (non-hydrogen) atoms. The van der Waals surface area contributed by atoms with Gasteiger partial charge < -0.3 is 11.1 Å². The van der Waals surface area contributed by atoms with E-state index in [0.717, 1.165) is 11.8 Å². The summed E-state index contributed by atoms with van der Waals surface area (Å²) in [5.74, 6) is 0. The molecule has 4 heteroatoms. The fourth-order valence-electron chi connectivity index (χ4n) is 2.20.